The Morgan fingerprint density at radius 2 is 2.38 bits per heavy atom. The molecule has 0 radical (unpaired) electrons. The average molecular weight is 182 g/mol. The molecule has 0 saturated heterocycles. The van der Waals surface area contributed by atoms with Gasteiger partial charge in [0, 0.05) is 11.8 Å². The predicted molar refractivity (Wildman–Crippen MR) is 45.4 cm³/mol. The molecule has 0 spiro atoms. The number of aromatic nitrogens is 1. The van der Waals surface area contributed by atoms with Crippen molar-refractivity contribution in [1.82, 2.24) is 4.98 Å². The Hall–Kier alpha value is -1.62. The van der Waals surface area contributed by atoms with Crippen molar-refractivity contribution in [3.8, 4) is 5.75 Å². The van der Waals surface area contributed by atoms with Crippen LogP contribution in [-0.4, -0.2) is 23.2 Å². The average Bonchev–Trinajstić information content (AvgIpc) is 2.16. The maximum Gasteiger partial charge on any atom is 0.325 e. The summed E-state index contributed by atoms with van der Waals surface area (Å²) in [6.07, 6.45) is 2.89. The Bertz CT molecular complexity index is 314. The number of rotatable bonds is 3. The van der Waals surface area contributed by atoms with E-state index in [2.05, 4.69) is 4.98 Å². The van der Waals surface area contributed by atoms with Gasteiger partial charge in [-0.15, -0.1) is 0 Å². The zero-order chi connectivity index (χ0) is 9.84. The second-order valence-electron chi connectivity index (χ2n) is 2.47. The van der Waals surface area contributed by atoms with Gasteiger partial charge in [0.15, 0.2) is 0 Å². The zero-order valence-electron chi connectivity index (χ0n) is 7.10. The molecule has 1 rings (SSSR count). The van der Waals surface area contributed by atoms with Crippen LogP contribution in [0.25, 0.3) is 0 Å². The summed E-state index contributed by atoms with van der Waals surface area (Å²) >= 11 is 0. The number of carboxylic acid groups (broad SMARTS) is 1. The minimum atomic E-state index is -1.09. The van der Waals surface area contributed by atoms with Crippen molar-refractivity contribution in [1.29, 1.82) is 0 Å². The van der Waals surface area contributed by atoms with Gasteiger partial charge in [0.1, 0.15) is 11.8 Å². The molecule has 0 fully saturated rings. The van der Waals surface area contributed by atoms with Gasteiger partial charge in [-0.3, -0.25) is 9.78 Å². The van der Waals surface area contributed by atoms with Crippen LogP contribution in [0.1, 0.15) is 11.6 Å². The summed E-state index contributed by atoms with van der Waals surface area (Å²) in [4.78, 5) is 14.3. The number of hydrogen-bond donors (Lipinski definition) is 2. The van der Waals surface area contributed by atoms with E-state index in [1.807, 2.05) is 0 Å². The fourth-order valence-electron chi connectivity index (χ4n) is 0.860. The third-order valence-electron chi connectivity index (χ3n) is 1.60. The molecule has 5 nitrogen and oxygen atoms in total. The minimum Gasteiger partial charge on any atom is -0.495 e. The first-order valence-corrected chi connectivity index (χ1v) is 3.62. The summed E-state index contributed by atoms with van der Waals surface area (Å²) in [5.41, 5.74) is 5.79. The Morgan fingerprint density at radius 3 is 2.92 bits per heavy atom. The van der Waals surface area contributed by atoms with Gasteiger partial charge in [0.25, 0.3) is 0 Å². The molecule has 0 aliphatic carbocycles. The van der Waals surface area contributed by atoms with E-state index >= 15 is 0 Å². The van der Waals surface area contributed by atoms with Crippen molar-refractivity contribution in [2.45, 2.75) is 6.04 Å². The van der Waals surface area contributed by atoms with Gasteiger partial charge in [0.05, 0.1) is 13.3 Å². The summed E-state index contributed by atoms with van der Waals surface area (Å²) in [5, 5.41) is 8.61. The Kier molecular flexibility index (Phi) is 2.81. The highest BCUT2D eigenvalue weighted by Gasteiger charge is 2.14. The van der Waals surface area contributed by atoms with Gasteiger partial charge in [0.2, 0.25) is 0 Å². The molecule has 1 heterocycles. The molecule has 1 atom stereocenters. The summed E-state index contributed by atoms with van der Waals surface area (Å²) in [5.74, 6) is -0.593. The molecular formula is C8H10N2O3. The first-order valence-electron chi connectivity index (χ1n) is 3.62. The number of ether oxygens (including phenoxy) is 1. The molecule has 1 aromatic heterocycles. The number of hydrogen-bond acceptors (Lipinski definition) is 4. The van der Waals surface area contributed by atoms with Crippen molar-refractivity contribution >= 4 is 5.97 Å². The number of nitrogens with zero attached hydrogens (tertiary/aromatic N) is 1. The van der Waals surface area contributed by atoms with Gasteiger partial charge in [-0.2, -0.15) is 0 Å². The highest BCUT2D eigenvalue weighted by molar-refractivity contribution is 5.75. The van der Waals surface area contributed by atoms with E-state index in [0.29, 0.717) is 11.3 Å². The van der Waals surface area contributed by atoms with Crippen molar-refractivity contribution in [2.75, 3.05) is 7.11 Å². The molecule has 0 aliphatic heterocycles. The molecule has 0 aromatic carbocycles. The Morgan fingerprint density at radius 1 is 1.69 bits per heavy atom. The van der Waals surface area contributed by atoms with Crippen LogP contribution in [0.2, 0.25) is 0 Å². The topological polar surface area (TPSA) is 85.4 Å². The summed E-state index contributed by atoms with van der Waals surface area (Å²) < 4.78 is 4.87. The smallest absolute Gasteiger partial charge is 0.325 e. The number of methoxy groups -OCH3 is 1. The quantitative estimate of drug-likeness (QED) is 0.696. The van der Waals surface area contributed by atoms with E-state index < -0.39 is 12.0 Å². The maximum absolute atomic E-state index is 10.5. The molecule has 70 valence electrons. The number of carboxylic acids is 1. The highest BCUT2D eigenvalue weighted by Crippen LogP contribution is 2.15. The summed E-state index contributed by atoms with van der Waals surface area (Å²) in [7, 11) is 1.48. The molecule has 0 amide bonds. The highest BCUT2D eigenvalue weighted by atomic mass is 16.5. The third kappa shape index (κ3) is 2.16. The number of pyridine rings is 1. The maximum atomic E-state index is 10.5. The lowest BCUT2D eigenvalue weighted by molar-refractivity contribution is -0.138. The van der Waals surface area contributed by atoms with Crippen LogP contribution >= 0.6 is 0 Å². The third-order valence-corrected chi connectivity index (χ3v) is 1.60. The molecule has 0 bridgehead atoms. The minimum absolute atomic E-state index is 0.423. The van der Waals surface area contributed by atoms with Gasteiger partial charge in [-0.05, 0) is 6.07 Å². The first-order chi connectivity index (χ1) is 6.15. The standard InChI is InChI=1S/C8H10N2O3/c1-13-6-2-5(3-10-4-6)7(9)8(11)12/h2-4,7H,9H2,1H3,(H,11,12). The van der Waals surface area contributed by atoms with Crippen LogP contribution < -0.4 is 10.5 Å². The molecule has 0 aliphatic rings. The van der Waals surface area contributed by atoms with Crippen LogP contribution in [0, 0.1) is 0 Å². The first kappa shape index (κ1) is 9.47. The second kappa shape index (κ2) is 3.86. The fraction of sp³-hybridized carbons (Fsp3) is 0.250. The van der Waals surface area contributed by atoms with Crippen molar-refractivity contribution < 1.29 is 14.6 Å². The van der Waals surface area contributed by atoms with Gasteiger partial charge in [-0.25, -0.2) is 0 Å². The van der Waals surface area contributed by atoms with Gasteiger partial charge >= 0.3 is 5.97 Å². The zero-order valence-corrected chi connectivity index (χ0v) is 7.10. The molecule has 1 unspecified atom stereocenters. The number of aliphatic carboxylic acids is 1. The van der Waals surface area contributed by atoms with Crippen LogP contribution in [0.4, 0.5) is 0 Å². The second-order valence-corrected chi connectivity index (χ2v) is 2.47. The van der Waals surface area contributed by atoms with Gasteiger partial charge < -0.3 is 15.6 Å². The van der Waals surface area contributed by atoms with Gasteiger partial charge in [-0.1, -0.05) is 0 Å². The SMILES string of the molecule is COc1cncc(C(N)C(=O)O)c1. The molecule has 3 N–H and O–H groups in total. The molecule has 5 heteroatoms. The lowest BCUT2D eigenvalue weighted by Crippen LogP contribution is -2.20. The summed E-state index contributed by atoms with van der Waals surface area (Å²) in [6.45, 7) is 0. The Balaban J connectivity index is 2.94. The fourth-order valence-corrected chi connectivity index (χ4v) is 0.860. The lowest BCUT2D eigenvalue weighted by Gasteiger charge is -2.06. The molecule has 1 aromatic rings. The van der Waals surface area contributed by atoms with Crippen LogP contribution in [0.5, 0.6) is 5.75 Å². The molecular weight excluding hydrogens is 172 g/mol. The molecule has 0 saturated carbocycles. The lowest BCUT2D eigenvalue weighted by atomic mass is 10.1. The van der Waals surface area contributed by atoms with Crippen molar-refractivity contribution in [2.24, 2.45) is 5.73 Å². The molecule has 13 heavy (non-hydrogen) atoms. The Labute approximate surface area is 75.2 Å². The number of carbonyl (C=O) groups is 1. The van der Waals surface area contributed by atoms with Crippen LogP contribution in [0.3, 0.4) is 0 Å². The monoisotopic (exact) mass is 182 g/mol. The van der Waals surface area contributed by atoms with E-state index in [4.69, 9.17) is 15.6 Å². The normalized spacial score (nSPS) is 12.2. The van der Waals surface area contributed by atoms with Crippen molar-refractivity contribution in [3.63, 3.8) is 0 Å². The van der Waals surface area contributed by atoms with E-state index in [0.717, 1.165) is 0 Å². The van der Waals surface area contributed by atoms with E-state index in [-0.39, 0.29) is 0 Å². The number of nitrogens with two attached hydrogens (primary N) is 1. The summed E-state index contributed by atoms with van der Waals surface area (Å²) in [6, 6.07) is 0.494. The largest absolute Gasteiger partial charge is 0.495 e. The van der Waals surface area contributed by atoms with E-state index in [9.17, 15) is 4.79 Å². The van der Waals surface area contributed by atoms with Crippen LogP contribution in [0.15, 0.2) is 18.5 Å². The van der Waals surface area contributed by atoms with E-state index in [1.54, 1.807) is 6.07 Å². The van der Waals surface area contributed by atoms with Crippen molar-refractivity contribution in [3.05, 3.63) is 24.0 Å². The predicted octanol–water partition coefficient (Wildman–Crippen LogP) is 0.175. The van der Waals surface area contributed by atoms with E-state index in [1.165, 1.54) is 19.5 Å². The van der Waals surface area contributed by atoms with Crippen LogP contribution in [-0.2, 0) is 4.79 Å².